The summed E-state index contributed by atoms with van der Waals surface area (Å²) in [6.07, 6.45) is 1.92. The number of amides is 1. The first-order valence-corrected chi connectivity index (χ1v) is 8.85. The van der Waals surface area contributed by atoms with Crippen LogP contribution in [0.5, 0.6) is 11.5 Å². The van der Waals surface area contributed by atoms with E-state index in [9.17, 15) is 4.79 Å². The normalized spacial score (nSPS) is 16.8. The van der Waals surface area contributed by atoms with Crippen LogP contribution >= 0.6 is 23.2 Å². The van der Waals surface area contributed by atoms with Gasteiger partial charge in [-0.05, 0) is 48.7 Å². The number of nitrogens with zero attached hydrogens (tertiary/aromatic N) is 1. The zero-order chi connectivity index (χ0) is 17.8. The van der Waals surface area contributed by atoms with Crippen molar-refractivity contribution in [2.24, 2.45) is 0 Å². The Balaban J connectivity index is 1.65. The van der Waals surface area contributed by atoms with Gasteiger partial charge in [-0.2, -0.15) is 0 Å². The molecule has 0 aromatic heterocycles. The number of likely N-dealkylation sites (tertiary alicyclic amines) is 1. The van der Waals surface area contributed by atoms with E-state index in [1.807, 2.05) is 29.2 Å². The van der Waals surface area contributed by atoms with E-state index in [-0.39, 0.29) is 18.6 Å². The molecule has 1 fully saturated rings. The third-order valence-electron chi connectivity index (χ3n) is 4.32. The van der Waals surface area contributed by atoms with Crippen molar-refractivity contribution >= 4 is 29.1 Å². The first-order chi connectivity index (χ1) is 12.1. The van der Waals surface area contributed by atoms with Crippen molar-refractivity contribution in [1.29, 1.82) is 0 Å². The molecule has 0 aliphatic carbocycles. The zero-order valence-corrected chi connectivity index (χ0v) is 15.4. The smallest absolute Gasteiger partial charge is 0.261 e. The van der Waals surface area contributed by atoms with Gasteiger partial charge in [0.2, 0.25) is 0 Å². The van der Waals surface area contributed by atoms with Crippen molar-refractivity contribution in [3.63, 3.8) is 0 Å². The molecule has 0 unspecified atom stereocenters. The first kappa shape index (κ1) is 17.9. The van der Waals surface area contributed by atoms with E-state index in [4.69, 9.17) is 32.7 Å². The predicted octanol–water partition coefficient (Wildman–Crippen LogP) is 4.74. The van der Waals surface area contributed by atoms with Gasteiger partial charge in [-0.25, -0.2) is 0 Å². The van der Waals surface area contributed by atoms with E-state index in [1.54, 1.807) is 25.3 Å². The molecule has 1 aliphatic rings. The zero-order valence-electron chi connectivity index (χ0n) is 13.9. The number of rotatable bonds is 5. The number of benzene rings is 2. The van der Waals surface area contributed by atoms with Crippen molar-refractivity contribution < 1.29 is 14.3 Å². The van der Waals surface area contributed by atoms with Gasteiger partial charge in [-0.3, -0.25) is 4.79 Å². The monoisotopic (exact) mass is 379 g/mol. The molecule has 1 aliphatic heterocycles. The molecule has 1 amide bonds. The van der Waals surface area contributed by atoms with Crippen LogP contribution in [-0.2, 0) is 4.79 Å². The molecule has 2 aromatic rings. The lowest BCUT2D eigenvalue weighted by Gasteiger charge is -2.25. The van der Waals surface area contributed by atoms with Crippen LogP contribution in [0.25, 0.3) is 0 Å². The summed E-state index contributed by atoms with van der Waals surface area (Å²) in [5.41, 5.74) is 1.11. The van der Waals surface area contributed by atoms with Gasteiger partial charge in [-0.1, -0.05) is 35.3 Å². The van der Waals surface area contributed by atoms with Crippen molar-refractivity contribution in [1.82, 2.24) is 4.90 Å². The Morgan fingerprint density at radius 2 is 1.96 bits per heavy atom. The second-order valence-corrected chi connectivity index (χ2v) is 6.73. The molecule has 1 heterocycles. The van der Waals surface area contributed by atoms with E-state index in [0.717, 1.165) is 30.7 Å². The van der Waals surface area contributed by atoms with Gasteiger partial charge in [0, 0.05) is 11.6 Å². The summed E-state index contributed by atoms with van der Waals surface area (Å²) in [6.45, 7) is 0.682. The molecule has 0 radical (unpaired) electrons. The Hall–Kier alpha value is -1.91. The van der Waals surface area contributed by atoms with Crippen LogP contribution in [0.4, 0.5) is 0 Å². The second-order valence-electron chi connectivity index (χ2n) is 5.88. The highest BCUT2D eigenvalue weighted by Gasteiger charge is 2.30. The van der Waals surface area contributed by atoms with Gasteiger partial charge >= 0.3 is 0 Å². The van der Waals surface area contributed by atoms with Gasteiger partial charge in [0.25, 0.3) is 5.91 Å². The summed E-state index contributed by atoms with van der Waals surface area (Å²) in [6, 6.07) is 12.9. The molecule has 0 saturated carbocycles. The SMILES string of the molecule is COc1ccc([C@H]2CCCN2C(=O)COc2ccc(Cl)cc2Cl)cc1. The summed E-state index contributed by atoms with van der Waals surface area (Å²) >= 11 is 11.9. The van der Waals surface area contributed by atoms with E-state index in [1.165, 1.54) is 0 Å². The number of methoxy groups -OCH3 is 1. The molecule has 2 aromatic carbocycles. The minimum atomic E-state index is -0.0515. The Bertz CT molecular complexity index is 749. The van der Waals surface area contributed by atoms with E-state index >= 15 is 0 Å². The van der Waals surface area contributed by atoms with Crippen LogP contribution in [0.15, 0.2) is 42.5 Å². The lowest BCUT2D eigenvalue weighted by molar-refractivity contribution is -0.134. The Kier molecular flexibility index (Phi) is 5.71. The van der Waals surface area contributed by atoms with E-state index in [2.05, 4.69) is 0 Å². The van der Waals surface area contributed by atoms with Crippen LogP contribution in [0, 0.1) is 0 Å². The third-order valence-corrected chi connectivity index (χ3v) is 4.85. The van der Waals surface area contributed by atoms with Crippen molar-refractivity contribution in [3.8, 4) is 11.5 Å². The first-order valence-electron chi connectivity index (χ1n) is 8.10. The molecule has 1 saturated heterocycles. The number of ether oxygens (including phenoxy) is 2. The maximum atomic E-state index is 12.6. The van der Waals surface area contributed by atoms with Gasteiger partial charge < -0.3 is 14.4 Å². The highest BCUT2D eigenvalue weighted by atomic mass is 35.5. The fourth-order valence-corrected chi connectivity index (χ4v) is 3.52. The number of carbonyl (C=O) groups is 1. The summed E-state index contributed by atoms with van der Waals surface area (Å²) in [5, 5.41) is 0.927. The molecule has 25 heavy (non-hydrogen) atoms. The van der Waals surface area contributed by atoms with E-state index < -0.39 is 0 Å². The maximum Gasteiger partial charge on any atom is 0.261 e. The molecule has 0 bridgehead atoms. The Morgan fingerprint density at radius 3 is 2.64 bits per heavy atom. The summed E-state index contributed by atoms with van der Waals surface area (Å²) in [4.78, 5) is 14.5. The number of halogens is 2. The topological polar surface area (TPSA) is 38.8 Å². The summed E-state index contributed by atoms with van der Waals surface area (Å²) in [7, 11) is 1.64. The van der Waals surface area contributed by atoms with Crippen molar-refractivity contribution in [2.45, 2.75) is 18.9 Å². The molecule has 1 atom stereocenters. The molecule has 4 nitrogen and oxygen atoms in total. The van der Waals surface area contributed by atoms with Crippen molar-refractivity contribution in [3.05, 3.63) is 58.1 Å². The average Bonchev–Trinajstić information content (AvgIpc) is 3.10. The third kappa shape index (κ3) is 4.20. The van der Waals surface area contributed by atoms with E-state index in [0.29, 0.717) is 15.8 Å². The van der Waals surface area contributed by atoms with Gasteiger partial charge in [0.05, 0.1) is 18.2 Å². The lowest BCUT2D eigenvalue weighted by Crippen LogP contribution is -2.34. The summed E-state index contributed by atoms with van der Waals surface area (Å²) in [5.74, 6) is 1.21. The van der Waals surface area contributed by atoms with Crippen molar-refractivity contribution in [2.75, 3.05) is 20.3 Å². The van der Waals surface area contributed by atoms with Crippen LogP contribution < -0.4 is 9.47 Å². The quantitative estimate of drug-likeness (QED) is 0.752. The minimum Gasteiger partial charge on any atom is -0.497 e. The fraction of sp³-hybridized carbons (Fsp3) is 0.316. The molecule has 0 N–H and O–H groups in total. The Labute approximate surface area is 157 Å². The van der Waals surface area contributed by atoms with Crippen LogP contribution in [0.2, 0.25) is 10.0 Å². The van der Waals surface area contributed by atoms with Gasteiger partial charge in [0.1, 0.15) is 11.5 Å². The Morgan fingerprint density at radius 1 is 1.20 bits per heavy atom. The highest BCUT2D eigenvalue weighted by molar-refractivity contribution is 6.35. The van der Waals surface area contributed by atoms with Gasteiger partial charge in [-0.15, -0.1) is 0 Å². The number of hydrogen-bond acceptors (Lipinski definition) is 3. The van der Waals surface area contributed by atoms with Crippen LogP contribution in [0.3, 0.4) is 0 Å². The van der Waals surface area contributed by atoms with Crippen LogP contribution in [-0.4, -0.2) is 31.1 Å². The number of carbonyl (C=O) groups excluding carboxylic acids is 1. The molecule has 3 rings (SSSR count). The molecule has 132 valence electrons. The minimum absolute atomic E-state index is 0.0476. The molecular weight excluding hydrogens is 361 g/mol. The van der Waals surface area contributed by atoms with Gasteiger partial charge in [0.15, 0.2) is 6.61 Å². The molecule has 0 spiro atoms. The molecular formula is C19H19Cl2NO3. The van der Waals surface area contributed by atoms with Crippen LogP contribution in [0.1, 0.15) is 24.4 Å². The number of hydrogen-bond donors (Lipinski definition) is 0. The summed E-state index contributed by atoms with van der Waals surface area (Å²) < 4.78 is 10.8. The largest absolute Gasteiger partial charge is 0.497 e. The molecule has 6 heteroatoms. The standard InChI is InChI=1S/C19H19Cl2NO3/c1-24-15-7-4-13(5-8-15)17-3-2-10-22(17)19(23)12-25-18-9-6-14(20)11-16(18)21/h4-9,11,17H,2-3,10,12H2,1H3/t17-/m1/s1. The fourth-order valence-electron chi connectivity index (χ4n) is 3.05. The second kappa shape index (κ2) is 7.98. The maximum absolute atomic E-state index is 12.6. The predicted molar refractivity (Wildman–Crippen MR) is 98.6 cm³/mol. The highest BCUT2D eigenvalue weighted by Crippen LogP contribution is 2.33. The average molecular weight is 380 g/mol. The lowest BCUT2D eigenvalue weighted by atomic mass is 10.0.